The Hall–Kier alpha value is -3.48. The molecular weight excluding hydrogens is 344 g/mol. The van der Waals surface area contributed by atoms with Crippen LogP contribution in [0.4, 0.5) is 5.69 Å². The number of hydrogen-bond acceptors (Lipinski definition) is 5. The highest BCUT2D eigenvalue weighted by Crippen LogP contribution is 2.17. The third-order valence-electron chi connectivity index (χ3n) is 3.93. The Morgan fingerprint density at radius 1 is 1.07 bits per heavy atom. The first kappa shape index (κ1) is 18.3. The molecule has 1 amide bonds. The molecule has 7 nitrogen and oxygen atoms in total. The predicted octanol–water partition coefficient (Wildman–Crippen LogP) is 2.87. The Morgan fingerprint density at radius 3 is 2.37 bits per heavy atom. The van der Waals surface area contributed by atoms with Crippen LogP contribution in [0.5, 0.6) is 0 Å². The predicted molar refractivity (Wildman–Crippen MR) is 101 cm³/mol. The lowest BCUT2D eigenvalue weighted by molar-refractivity contribution is -0.122. The number of carbonyl (C=O) groups excluding carboxylic acids is 2. The molecule has 3 rings (SSSR count). The van der Waals surface area contributed by atoms with Crippen LogP contribution in [0, 0.1) is 0 Å². The number of ether oxygens (including phenoxy) is 1. The van der Waals surface area contributed by atoms with Crippen molar-refractivity contribution in [2.75, 3.05) is 11.5 Å². The molecule has 2 aromatic carbocycles. The molecule has 138 valence electrons. The van der Waals surface area contributed by atoms with Crippen molar-refractivity contribution in [3.8, 4) is 5.69 Å². The van der Waals surface area contributed by atoms with Gasteiger partial charge in [0, 0.05) is 11.7 Å². The zero-order valence-electron chi connectivity index (χ0n) is 15.1. The van der Waals surface area contributed by atoms with Gasteiger partial charge in [-0.15, -0.1) is 0 Å². The molecule has 27 heavy (non-hydrogen) atoms. The van der Waals surface area contributed by atoms with E-state index in [1.807, 2.05) is 44.2 Å². The summed E-state index contributed by atoms with van der Waals surface area (Å²) in [7, 11) is 0. The van der Waals surface area contributed by atoms with E-state index in [0.29, 0.717) is 5.56 Å². The number of nitrogens with zero attached hydrogens (tertiary/aromatic N) is 4. The van der Waals surface area contributed by atoms with Crippen LogP contribution < -0.4 is 4.90 Å². The minimum absolute atomic E-state index is 0.0550. The molecule has 1 aromatic heterocycles. The van der Waals surface area contributed by atoms with E-state index in [1.54, 1.807) is 40.2 Å². The highest BCUT2D eigenvalue weighted by Gasteiger charge is 2.20. The molecule has 0 fully saturated rings. The number of esters is 1. The Kier molecular flexibility index (Phi) is 5.61. The molecule has 0 unspecified atom stereocenters. The number of anilines is 1. The average Bonchev–Trinajstić information content (AvgIpc) is 3.22. The summed E-state index contributed by atoms with van der Waals surface area (Å²) in [4.78, 5) is 30.3. The summed E-state index contributed by atoms with van der Waals surface area (Å²) >= 11 is 0. The van der Waals surface area contributed by atoms with Gasteiger partial charge in [-0.2, -0.15) is 5.10 Å². The highest BCUT2D eigenvalue weighted by molar-refractivity contribution is 5.97. The van der Waals surface area contributed by atoms with Gasteiger partial charge in [-0.3, -0.25) is 4.79 Å². The average molecular weight is 364 g/mol. The van der Waals surface area contributed by atoms with Gasteiger partial charge >= 0.3 is 5.97 Å². The molecule has 0 aliphatic rings. The maximum Gasteiger partial charge on any atom is 0.338 e. The number of amides is 1. The van der Waals surface area contributed by atoms with Crippen LogP contribution >= 0.6 is 0 Å². The summed E-state index contributed by atoms with van der Waals surface area (Å²) in [6.07, 6.45) is 3.00. The lowest BCUT2D eigenvalue weighted by Crippen LogP contribution is -2.39. The van der Waals surface area contributed by atoms with Gasteiger partial charge in [-0.1, -0.05) is 18.2 Å². The minimum Gasteiger partial charge on any atom is -0.452 e. The van der Waals surface area contributed by atoms with Crippen LogP contribution in [0.25, 0.3) is 5.69 Å². The number of benzene rings is 2. The fourth-order valence-corrected chi connectivity index (χ4v) is 2.69. The van der Waals surface area contributed by atoms with Crippen molar-refractivity contribution in [2.24, 2.45) is 0 Å². The van der Waals surface area contributed by atoms with Crippen LogP contribution in [0.2, 0.25) is 0 Å². The molecule has 0 atom stereocenters. The van der Waals surface area contributed by atoms with E-state index in [2.05, 4.69) is 10.1 Å². The van der Waals surface area contributed by atoms with E-state index in [9.17, 15) is 9.59 Å². The van der Waals surface area contributed by atoms with Crippen LogP contribution in [0.15, 0.2) is 67.3 Å². The molecule has 1 heterocycles. The number of hydrogen-bond donors (Lipinski definition) is 0. The summed E-state index contributed by atoms with van der Waals surface area (Å²) in [5, 5.41) is 4.02. The normalized spacial score (nSPS) is 10.6. The molecule has 0 saturated carbocycles. The third kappa shape index (κ3) is 4.38. The van der Waals surface area contributed by atoms with Crippen LogP contribution in [-0.4, -0.2) is 39.3 Å². The Bertz CT molecular complexity index is 891. The molecule has 0 saturated heterocycles. The van der Waals surface area contributed by atoms with E-state index in [-0.39, 0.29) is 18.6 Å². The first-order valence-electron chi connectivity index (χ1n) is 8.55. The topological polar surface area (TPSA) is 77.3 Å². The Morgan fingerprint density at radius 2 is 1.78 bits per heavy atom. The van der Waals surface area contributed by atoms with Gasteiger partial charge in [-0.25, -0.2) is 14.5 Å². The fraction of sp³-hybridized carbons (Fsp3) is 0.200. The third-order valence-corrected chi connectivity index (χ3v) is 3.93. The Labute approximate surface area is 157 Å². The van der Waals surface area contributed by atoms with Crippen LogP contribution in [0.1, 0.15) is 24.2 Å². The van der Waals surface area contributed by atoms with Gasteiger partial charge in [-0.05, 0) is 50.2 Å². The Balaban J connectivity index is 1.63. The lowest BCUT2D eigenvalue weighted by Gasteiger charge is -2.26. The summed E-state index contributed by atoms with van der Waals surface area (Å²) in [6.45, 7) is 3.50. The SMILES string of the molecule is CC(C)N(C(=O)COC(=O)c1ccc(-n2cncn2)cc1)c1ccccc1. The van der Waals surface area contributed by atoms with Crippen LogP contribution in [0.3, 0.4) is 0 Å². The minimum atomic E-state index is -0.551. The van der Waals surface area contributed by atoms with Gasteiger partial charge in [0.05, 0.1) is 11.3 Å². The summed E-state index contributed by atoms with van der Waals surface area (Å²) < 4.78 is 6.79. The first-order valence-corrected chi connectivity index (χ1v) is 8.55. The van der Waals surface area contributed by atoms with Crippen molar-refractivity contribution in [3.63, 3.8) is 0 Å². The van der Waals surface area contributed by atoms with Gasteiger partial charge in [0.15, 0.2) is 6.61 Å². The van der Waals surface area contributed by atoms with E-state index < -0.39 is 5.97 Å². The maximum absolute atomic E-state index is 12.6. The van der Waals surface area contributed by atoms with E-state index in [4.69, 9.17) is 4.74 Å². The fourth-order valence-electron chi connectivity index (χ4n) is 2.69. The molecule has 0 aliphatic heterocycles. The number of carbonyl (C=O) groups is 2. The standard InChI is InChI=1S/C20H20N4O3/c1-15(2)24(18-6-4-3-5-7-18)19(25)12-27-20(26)16-8-10-17(11-9-16)23-14-21-13-22-23/h3-11,13-15H,12H2,1-2H3. The van der Waals surface area contributed by atoms with Gasteiger partial charge in [0.2, 0.25) is 0 Å². The quantitative estimate of drug-likeness (QED) is 0.629. The largest absolute Gasteiger partial charge is 0.452 e. The molecule has 0 N–H and O–H groups in total. The van der Waals surface area contributed by atoms with E-state index in [1.165, 1.54) is 6.33 Å². The molecule has 0 aliphatic carbocycles. The second kappa shape index (κ2) is 8.27. The van der Waals surface area contributed by atoms with Gasteiger partial charge in [0.25, 0.3) is 5.91 Å². The van der Waals surface area contributed by atoms with Crippen molar-refractivity contribution in [2.45, 2.75) is 19.9 Å². The van der Waals surface area contributed by atoms with Crippen molar-refractivity contribution < 1.29 is 14.3 Å². The lowest BCUT2D eigenvalue weighted by atomic mass is 10.2. The van der Waals surface area contributed by atoms with Crippen molar-refractivity contribution in [1.82, 2.24) is 14.8 Å². The molecular formula is C20H20N4O3. The molecule has 0 spiro atoms. The second-order valence-electron chi connectivity index (χ2n) is 6.16. The summed E-state index contributed by atoms with van der Waals surface area (Å²) in [6, 6.07) is 16.0. The van der Waals surface area contributed by atoms with E-state index in [0.717, 1.165) is 11.4 Å². The number of rotatable bonds is 6. The molecule has 7 heteroatoms. The van der Waals surface area contributed by atoms with Gasteiger partial charge in [0.1, 0.15) is 12.7 Å². The first-order chi connectivity index (χ1) is 13.1. The van der Waals surface area contributed by atoms with Crippen molar-refractivity contribution in [3.05, 3.63) is 72.8 Å². The van der Waals surface area contributed by atoms with Crippen molar-refractivity contribution >= 4 is 17.6 Å². The summed E-state index contributed by atoms with van der Waals surface area (Å²) in [5.41, 5.74) is 1.91. The van der Waals surface area contributed by atoms with E-state index >= 15 is 0 Å². The second-order valence-corrected chi connectivity index (χ2v) is 6.16. The van der Waals surface area contributed by atoms with Crippen molar-refractivity contribution in [1.29, 1.82) is 0 Å². The number of aromatic nitrogens is 3. The molecule has 3 aromatic rings. The molecule has 0 bridgehead atoms. The zero-order valence-corrected chi connectivity index (χ0v) is 15.1. The number of para-hydroxylation sites is 1. The highest BCUT2D eigenvalue weighted by atomic mass is 16.5. The van der Waals surface area contributed by atoms with Gasteiger partial charge < -0.3 is 9.64 Å². The smallest absolute Gasteiger partial charge is 0.338 e. The van der Waals surface area contributed by atoms with Crippen LogP contribution in [-0.2, 0) is 9.53 Å². The maximum atomic E-state index is 12.6. The molecule has 0 radical (unpaired) electrons. The summed E-state index contributed by atoms with van der Waals surface area (Å²) in [5.74, 6) is -0.825. The zero-order chi connectivity index (χ0) is 19.2. The monoisotopic (exact) mass is 364 g/mol.